The van der Waals surface area contributed by atoms with Gasteiger partial charge in [0.05, 0.1) is 12.3 Å². The van der Waals surface area contributed by atoms with Crippen LogP contribution in [-0.4, -0.2) is 30.8 Å². The SMILES string of the molecule is COCC(Nc1ccc(Br)cc1F)C(=O)O. The van der Waals surface area contributed by atoms with Crippen molar-refractivity contribution >= 4 is 27.6 Å². The molecule has 1 unspecified atom stereocenters. The number of carboxylic acid groups (broad SMARTS) is 1. The molecule has 88 valence electrons. The summed E-state index contributed by atoms with van der Waals surface area (Å²) in [7, 11) is 1.38. The van der Waals surface area contributed by atoms with Gasteiger partial charge < -0.3 is 15.2 Å². The molecule has 16 heavy (non-hydrogen) atoms. The van der Waals surface area contributed by atoms with E-state index in [2.05, 4.69) is 21.2 Å². The predicted molar refractivity (Wildman–Crippen MR) is 61.0 cm³/mol. The number of nitrogens with one attached hydrogen (secondary N) is 1. The Balaban J connectivity index is 2.81. The molecule has 0 saturated heterocycles. The zero-order chi connectivity index (χ0) is 12.1. The van der Waals surface area contributed by atoms with E-state index in [1.54, 1.807) is 6.07 Å². The molecule has 0 fully saturated rings. The van der Waals surface area contributed by atoms with Crippen LogP contribution in [-0.2, 0) is 9.53 Å². The molecule has 0 heterocycles. The lowest BCUT2D eigenvalue weighted by Gasteiger charge is -2.15. The van der Waals surface area contributed by atoms with Crippen molar-refractivity contribution in [3.63, 3.8) is 0 Å². The van der Waals surface area contributed by atoms with Crippen LogP contribution in [0.1, 0.15) is 0 Å². The Morgan fingerprint density at radius 3 is 2.88 bits per heavy atom. The Kier molecular flexibility index (Phi) is 4.70. The van der Waals surface area contributed by atoms with Crippen LogP contribution in [0.4, 0.5) is 10.1 Å². The second kappa shape index (κ2) is 5.81. The zero-order valence-corrected chi connectivity index (χ0v) is 10.1. The molecule has 0 spiro atoms. The maximum atomic E-state index is 13.4. The molecule has 4 nitrogen and oxygen atoms in total. The minimum atomic E-state index is -1.09. The number of hydrogen-bond donors (Lipinski definition) is 2. The van der Waals surface area contributed by atoms with Crippen molar-refractivity contribution in [2.75, 3.05) is 19.0 Å². The van der Waals surface area contributed by atoms with Gasteiger partial charge in [-0.05, 0) is 18.2 Å². The first-order valence-corrected chi connectivity index (χ1v) is 5.27. The van der Waals surface area contributed by atoms with Crippen LogP contribution >= 0.6 is 15.9 Å². The first-order chi connectivity index (χ1) is 7.54. The molecule has 0 bridgehead atoms. The molecule has 1 rings (SSSR count). The third-order valence-electron chi connectivity index (χ3n) is 1.89. The Bertz CT molecular complexity index is 386. The van der Waals surface area contributed by atoms with E-state index in [1.165, 1.54) is 19.2 Å². The summed E-state index contributed by atoms with van der Waals surface area (Å²) in [5, 5.41) is 11.4. The molecule has 6 heteroatoms. The molecule has 0 aliphatic heterocycles. The van der Waals surface area contributed by atoms with Gasteiger partial charge in [0.1, 0.15) is 11.9 Å². The maximum absolute atomic E-state index is 13.4. The highest BCUT2D eigenvalue weighted by Gasteiger charge is 2.18. The van der Waals surface area contributed by atoms with E-state index in [0.29, 0.717) is 4.47 Å². The highest BCUT2D eigenvalue weighted by Crippen LogP contribution is 2.20. The van der Waals surface area contributed by atoms with Gasteiger partial charge in [-0.3, -0.25) is 0 Å². The number of aliphatic carboxylic acids is 1. The third-order valence-corrected chi connectivity index (χ3v) is 2.39. The van der Waals surface area contributed by atoms with Gasteiger partial charge >= 0.3 is 5.97 Å². The van der Waals surface area contributed by atoms with Crippen molar-refractivity contribution in [1.82, 2.24) is 0 Å². The molecule has 1 aromatic rings. The number of carbonyl (C=O) groups is 1. The number of rotatable bonds is 5. The molecular formula is C10H11BrFNO3. The van der Waals surface area contributed by atoms with Crippen molar-refractivity contribution in [3.05, 3.63) is 28.5 Å². The summed E-state index contributed by atoms with van der Waals surface area (Å²) in [6.45, 7) is -0.0369. The van der Waals surface area contributed by atoms with E-state index in [9.17, 15) is 9.18 Å². The fraction of sp³-hybridized carbons (Fsp3) is 0.300. The largest absolute Gasteiger partial charge is 0.480 e. The van der Waals surface area contributed by atoms with Crippen molar-refractivity contribution in [1.29, 1.82) is 0 Å². The molecule has 1 atom stereocenters. The Hall–Kier alpha value is -1.14. The minimum Gasteiger partial charge on any atom is -0.480 e. The van der Waals surface area contributed by atoms with Gasteiger partial charge in [-0.25, -0.2) is 9.18 Å². The standard InChI is InChI=1S/C10H11BrFNO3/c1-16-5-9(10(14)15)13-8-3-2-6(11)4-7(8)12/h2-4,9,13H,5H2,1H3,(H,14,15). The van der Waals surface area contributed by atoms with Gasteiger partial charge in [0.2, 0.25) is 0 Å². The smallest absolute Gasteiger partial charge is 0.328 e. The highest BCUT2D eigenvalue weighted by molar-refractivity contribution is 9.10. The zero-order valence-electron chi connectivity index (χ0n) is 8.54. The Morgan fingerprint density at radius 1 is 1.69 bits per heavy atom. The fourth-order valence-corrected chi connectivity index (χ4v) is 1.47. The number of halogens is 2. The first kappa shape index (κ1) is 12.9. The fourth-order valence-electron chi connectivity index (χ4n) is 1.14. The van der Waals surface area contributed by atoms with E-state index >= 15 is 0 Å². The lowest BCUT2D eigenvalue weighted by atomic mass is 10.2. The van der Waals surface area contributed by atoms with Crippen LogP contribution in [0.2, 0.25) is 0 Å². The summed E-state index contributed by atoms with van der Waals surface area (Å²) in [5.41, 5.74) is 0.132. The summed E-state index contributed by atoms with van der Waals surface area (Å²) in [4.78, 5) is 10.8. The molecule has 2 N–H and O–H groups in total. The second-order valence-corrected chi connectivity index (χ2v) is 4.03. The van der Waals surface area contributed by atoms with Gasteiger partial charge in [0, 0.05) is 11.6 Å². The molecule has 0 amide bonds. The number of methoxy groups -OCH3 is 1. The average molecular weight is 292 g/mol. The molecule has 0 aliphatic carbocycles. The normalized spacial score (nSPS) is 12.2. The molecule has 0 saturated carbocycles. The number of carboxylic acids is 1. The van der Waals surface area contributed by atoms with Crippen LogP contribution < -0.4 is 5.32 Å². The van der Waals surface area contributed by atoms with E-state index < -0.39 is 17.8 Å². The average Bonchev–Trinajstić information content (AvgIpc) is 2.20. The van der Waals surface area contributed by atoms with Gasteiger partial charge in [0.25, 0.3) is 0 Å². The van der Waals surface area contributed by atoms with Crippen LogP contribution in [0.3, 0.4) is 0 Å². The molecule has 1 aromatic carbocycles. The highest BCUT2D eigenvalue weighted by atomic mass is 79.9. The van der Waals surface area contributed by atoms with Gasteiger partial charge in [-0.2, -0.15) is 0 Å². The lowest BCUT2D eigenvalue weighted by molar-refractivity contribution is -0.139. The monoisotopic (exact) mass is 291 g/mol. The summed E-state index contributed by atoms with van der Waals surface area (Å²) < 4.78 is 18.7. The molecule has 0 aromatic heterocycles. The van der Waals surface area contributed by atoms with Crippen LogP contribution in [0, 0.1) is 5.82 Å². The Morgan fingerprint density at radius 2 is 2.38 bits per heavy atom. The maximum Gasteiger partial charge on any atom is 0.328 e. The summed E-state index contributed by atoms with van der Waals surface area (Å²) in [6.07, 6.45) is 0. The Labute approximate surface area is 101 Å². The molecule has 0 aliphatic rings. The lowest BCUT2D eigenvalue weighted by Crippen LogP contribution is -2.33. The van der Waals surface area contributed by atoms with E-state index in [0.717, 1.165) is 0 Å². The molecular weight excluding hydrogens is 281 g/mol. The van der Waals surface area contributed by atoms with E-state index in [-0.39, 0.29) is 12.3 Å². The van der Waals surface area contributed by atoms with Crippen molar-refractivity contribution in [3.8, 4) is 0 Å². The third kappa shape index (κ3) is 3.46. The summed E-state index contributed by atoms with van der Waals surface area (Å²) in [5.74, 6) is -1.61. The van der Waals surface area contributed by atoms with Gasteiger partial charge in [0.15, 0.2) is 0 Å². The van der Waals surface area contributed by atoms with Crippen molar-refractivity contribution in [2.45, 2.75) is 6.04 Å². The van der Waals surface area contributed by atoms with Crippen molar-refractivity contribution < 1.29 is 19.0 Å². The van der Waals surface area contributed by atoms with Crippen molar-refractivity contribution in [2.24, 2.45) is 0 Å². The van der Waals surface area contributed by atoms with Crippen LogP contribution in [0.5, 0.6) is 0 Å². The van der Waals surface area contributed by atoms with Crippen LogP contribution in [0.15, 0.2) is 22.7 Å². The molecule has 0 radical (unpaired) electrons. The van der Waals surface area contributed by atoms with E-state index in [4.69, 9.17) is 9.84 Å². The van der Waals surface area contributed by atoms with Crippen LogP contribution in [0.25, 0.3) is 0 Å². The number of anilines is 1. The first-order valence-electron chi connectivity index (χ1n) is 4.48. The number of benzene rings is 1. The number of hydrogen-bond acceptors (Lipinski definition) is 3. The van der Waals surface area contributed by atoms with E-state index in [1.807, 2.05) is 0 Å². The van der Waals surface area contributed by atoms with Gasteiger partial charge in [-0.1, -0.05) is 15.9 Å². The summed E-state index contributed by atoms with van der Waals surface area (Å²) in [6, 6.07) is 3.37. The second-order valence-electron chi connectivity index (χ2n) is 3.11. The summed E-state index contributed by atoms with van der Waals surface area (Å²) >= 11 is 3.11. The van der Waals surface area contributed by atoms with Gasteiger partial charge in [-0.15, -0.1) is 0 Å². The minimum absolute atomic E-state index is 0.0369. The quantitative estimate of drug-likeness (QED) is 0.872. The topological polar surface area (TPSA) is 58.6 Å². The number of ether oxygens (including phenoxy) is 1. The predicted octanol–water partition coefficient (Wildman–Crippen LogP) is 2.10.